The second-order valence-electron chi connectivity index (χ2n) is 10.3. The molecule has 0 unspecified atom stereocenters. The van der Waals surface area contributed by atoms with Gasteiger partial charge in [0, 0.05) is 17.1 Å². The number of hydrogen-bond donors (Lipinski definition) is 0. The van der Waals surface area contributed by atoms with E-state index in [0.717, 1.165) is 33.9 Å². The van der Waals surface area contributed by atoms with Crippen molar-refractivity contribution in [2.24, 2.45) is 0 Å². The highest BCUT2D eigenvalue weighted by atomic mass is 16.5. The molecule has 0 N–H and O–H groups in total. The first kappa shape index (κ1) is 26.9. The zero-order valence-corrected chi connectivity index (χ0v) is 23.7. The van der Waals surface area contributed by atoms with Gasteiger partial charge in [-0.15, -0.1) is 0 Å². The van der Waals surface area contributed by atoms with Crippen LogP contribution in [0.25, 0.3) is 11.6 Å². The number of aryl methyl sites for hydroxylation is 1. The first-order valence-electron chi connectivity index (χ1n) is 14.3. The van der Waals surface area contributed by atoms with Crippen molar-refractivity contribution in [3.8, 4) is 5.75 Å². The normalized spacial score (nSPS) is 10.6. The molecule has 6 aromatic carbocycles. The van der Waals surface area contributed by atoms with Crippen LogP contribution in [0.2, 0.25) is 0 Å². The van der Waals surface area contributed by atoms with Gasteiger partial charge >= 0.3 is 0 Å². The third kappa shape index (κ3) is 6.51. The Kier molecular flexibility index (Phi) is 8.24. The van der Waals surface area contributed by atoms with Crippen LogP contribution in [0.15, 0.2) is 164 Å². The lowest BCUT2D eigenvalue weighted by Gasteiger charge is -2.25. The molecule has 0 bridgehead atoms. The lowest BCUT2D eigenvalue weighted by molar-refractivity contribution is 0.306. The van der Waals surface area contributed by atoms with Gasteiger partial charge < -0.3 is 9.64 Å². The largest absolute Gasteiger partial charge is 0.489 e. The van der Waals surface area contributed by atoms with Gasteiger partial charge in [-0.25, -0.2) is 0 Å². The molecule has 0 heterocycles. The Labute approximate surface area is 248 Å². The van der Waals surface area contributed by atoms with Gasteiger partial charge in [-0.2, -0.15) is 0 Å². The molecular weight excluding hydrogens is 510 g/mol. The highest BCUT2D eigenvalue weighted by molar-refractivity contribution is 5.91. The van der Waals surface area contributed by atoms with E-state index in [1.54, 1.807) is 0 Å². The average Bonchev–Trinajstić information content (AvgIpc) is 3.06. The number of nitrogens with zero attached hydrogens (tertiary/aromatic N) is 1. The molecule has 2 heteroatoms. The fraction of sp³-hybridized carbons (Fsp3) is 0.0500. The van der Waals surface area contributed by atoms with E-state index in [2.05, 4.69) is 163 Å². The molecule has 6 aromatic rings. The SMILES string of the molecule is Cc1ccc(COc2ccc(N(c3ccccc3)c3ccc(C=C(c4ccccc4)c4ccccc4)cc3)cc2)cc1. The predicted octanol–water partition coefficient (Wildman–Crippen LogP) is 10.6. The number of ether oxygens (including phenoxy) is 1. The molecule has 0 fully saturated rings. The first-order valence-corrected chi connectivity index (χ1v) is 14.3. The van der Waals surface area contributed by atoms with Crippen molar-refractivity contribution < 1.29 is 4.74 Å². The van der Waals surface area contributed by atoms with Crippen LogP contribution in [0.4, 0.5) is 17.1 Å². The van der Waals surface area contributed by atoms with Gasteiger partial charge in [0.15, 0.2) is 0 Å². The second kappa shape index (κ2) is 12.9. The van der Waals surface area contributed by atoms with Gasteiger partial charge in [0.1, 0.15) is 12.4 Å². The van der Waals surface area contributed by atoms with Crippen LogP contribution in [0.3, 0.4) is 0 Å². The summed E-state index contributed by atoms with van der Waals surface area (Å²) in [5.41, 5.74) is 10.4. The van der Waals surface area contributed by atoms with E-state index in [1.807, 2.05) is 18.2 Å². The second-order valence-corrected chi connectivity index (χ2v) is 10.3. The van der Waals surface area contributed by atoms with Crippen molar-refractivity contribution >= 4 is 28.7 Å². The summed E-state index contributed by atoms with van der Waals surface area (Å²) in [4.78, 5) is 2.27. The van der Waals surface area contributed by atoms with Gasteiger partial charge in [-0.3, -0.25) is 0 Å². The van der Waals surface area contributed by atoms with Crippen molar-refractivity contribution in [1.29, 1.82) is 0 Å². The van der Waals surface area contributed by atoms with Crippen molar-refractivity contribution in [2.75, 3.05) is 4.90 Å². The summed E-state index contributed by atoms with van der Waals surface area (Å²) >= 11 is 0. The minimum Gasteiger partial charge on any atom is -0.489 e. The zero-order chi connectivity index (χ0) is 28.6. The molecule has 204 valence electrons. The van der Waals surface area contributed by atoms with Crippen LogP contribution >= 0.6 is 0 Å². The number of para-hydroxylation sites is 1. The van der Waals surface area contributed by atoms with Crippen molar-refractivity contribution in [3.63, 3.8) is 0 Å². The minimum atomic E-state index is 0.547. The Morgan fingerprint density at radius 1 is 0.524 bits per heavy atom. The van der Waals surface area contributed by atoms with Gasteiger partial charge in [0.2, 0.25) is 0 Å². The van der Waals surface area contributed by atoms with E-state index >= 15 is 0 Å². The maximum absolute atomic E-state index is 6.08. The minimum absolute atomic E-state index is 0.547. The van der Waals surface area contributed by atoms with Crippen LogP contribution in [0, 0.1) is 6.92 Å². The maximum Gasteiger partial charge on any atom is 0.119 e. The van der Waals surface area contributed by atoms with Crippen molar-refractivity contribution in [1.82, 2.24) is 0 Å². The molecule has 0 radical (unpaired) electrons. The molecule has 0 aliphatic rings. The quantitative estimate of drug-likeness (QED) is 0.168. The molecule has 42 heavy (non-hydrogen) atoms. The molecule has 0 saturated heterocycles. The first-order chi connectivity index (χ1) is 20.7. The van der Waals surface area contributed by atoms with Crippen LogP contribution < -0.4 is 9.64 Å². The highest BCUT2D eigenvalue weighted by Crippen LogP contribution is 2.36. The summed E-state index contributed by atoms with van der Waals surface area (Å²) in [7, 11) is 0. The third-order valence-corrected chi connectivity index (χ3v) is 7.27. The van der Waals surface area contributed by atoms with Gasteiger partial charge in [-0.1, -0.05) is 121 Å². The van der Waals surface area contributed by atoms with E-state index in [4.69, 9.17) is 4.74 Å². The Morgan fingerprint density at radius 3 is 1.55 bits per heavy atom. The number of benzene rings is 6. The summed E-state index contributed by atoms with van der Waals surface area (Å²) in [6.45, 7) is 2.64. The standard InChI is InChI=1S/C40H33NO/c1-31-17-19-33(20-18-31)30-42-39-27-25-38(26-28-39)41(36-15-9-4-10-16-36)37-23-21-32(22-24-37)29-40(34-11-5-2-6-12-34)35-13-7-3-8-14-35/h2-29H,30H2,1H3. The Balaban J connectivity index is 1.28. The molecule has 0 amide bonds. The molecule has 0 saturated carbocycles. The van der Waals surface area contributed by atoms with Gasteiger partial charge in [-0.05, 0) is 89.4 Å². The summed E-state index contributed by atoms with van der Waals surface area (Å²) in [5, 5.41) is 0. The molecule has 0 spiro atoms. The van der Waals surface area contributed by atoms with Crippen LogP contribution in [0.1, 0.15) is 27.8 Å². The molecule has 6 rings (SSSR count). The topological polar surface area (TPSA) is 12.5 Å². The lowest BCUT2D eigenvalue weighted by Crippen LogP contribution is -2.09. The summed E-state index contributed by atoms with van der Waals surface area (Å²) in [6, 6.07) is 57.1. The Morgan fingerprint density at radius 2 is 1.00 bits per heavy atom. The summed E-state index contributed by atoms with van der Waals surface area (Å²) in [6.07, 6.45) is 2.27. The molecule has 0 aliphatic carbocycles. The molecular formula is C40H33NO. The summed E-state index contributed by atoms with van der Waals surface area (Å²) < 4.78 is 6.08. The van der Waals surface area contributed by atoms with Gasteiger partial charge in [0.05, 0.1) is 0 Å². The molecule has 0 aromatic heterocycles. The summed E-state index contributed by atoms with van der Waals surface area (Å²) in [5.74, 6) is 0.849. The predicted molar refractivity (Wildman–Crippen MR) is 176 cm³/mol. The highest BCUT2D eigenvalue weighted by Gasteiger charge is 2.13. The van der Waals surface area contributed by atoms with Crippen molar-refractivity contribution in [2.45, 2.75) is 13.5 Å². The van der Waals surface area contributed by atoms with E-state index in [-0.39, 0.29) is 0 Å². The number of rotatable bonds is 9. The van der Waals surface area contributed by atoms with E-state index in [1.165, 1.54) is 22.3 Å². The van der Waals surface area contributed by atoms with Crippen LogP contribution in [-0.4, -0.2) is 0 Å². The Bertz CT molecular complexity index is 1680. The lowest BCUT2D eigenvalue weighted by atomic mass is 9.95. The van der Waals surface area contributed by atoms with Crippen molar-refractivity contribution in [3.05, 3.63) is 192 Å². The van der Waals surface area contributed by atoms with Crippen LogP contribution in [0.5, 0.6) is 5.75 Å². The Hall–Kier alpha value is -5.34. The van der Waals surface area contributed by atoms with E-state index in [0.29, 0.717) is 6.61 Å². The third-order valence-electron chi connectivity index (χ3n) is 7.27. The fourth-order valence-electron chi connectivity index (χ4n) is 5.02. The molecule has 2 nitrogen and oxygen atoms in total. The number of anilines is 3. The maximum atomic E-state index is 6.08. The zero-order valence-electron chi connectivity index (χ0n) is 23.7. The van der Waals surface area contributed by atoms with E-state index in [9.17, 15) is 0 Å². The average molecular weight is 544 g/mol. The van der Waals surface area contributed by atoms with E-state index < -0.39 is 0 Å². The monoisotopic (exact) mass is 543 g/mol. The van der Waals surface area contributed by atoms with Gasteiger partial charge in [0.25, 0.3) is 0 Å². The smallest absolute Gasteiger partial charge is 0.119 e. The van der Waals surface area contributed by atoms with Crippen LogP contribution in [-0.2, 0) is 6.61 Å². The fourth-order valence-corrected chi connectivity index (χ4v) is 5.02. The molecule has 0 atom stereocenters. The molecule has 0 aliphatic heterocycles. The number of hydrogen-bond acceptors (Lipinski definition) is 2.